The van der Waals surface area contributed by atoms with Gasteiger partial charge in [-0.15, -0.1) is 0 Å². The molecule has 3 heterocycles. The lowest BCUT2D eigenvalue weighted by molar-refractivity contribution is -0.124. The van der Waals surface area contributed by atoms with Gasteiger partial charge in [0.05, 0.1) is 5.69 Å². The van der Waals surface area contributed by atoms with Crippen molar-refractivity contribution < 1.29 is 9.59 Å². The van der Waals surface area contributed by atoms with E-state index in [1.165, 1.54) is 5.01 Å². The zero-order valence-corrected chi connectivity index (χ0v) is 16.7. The number of para-hydroxylation sites is 1. The predicted octanol–water partition coefficient (Wildman–Crippen LogP) is 1.93. The fourth-order valence-corrected chi connectivity index (χ4v) is 3.62. The molecule has 0 aliphatic carbocycles. The molecule has 2 aromatic rings. The van der Waals surface area contributed by atoms with Gasteiger partial charge in [-0.1, -0.05) is 18.2 Å². The van der Waals surface area contributed by atoms with Crippen LogP contribution in [-0.4, -0.2) is 58.6 Å². The van der Waals surface area contributed by atoms with Gasteiger partial charge in [-0.3, -0.25) is 9.59 Å². The molecule has 1 fully saturated rings. The Morgan fingerprint density at radius 1 is 0.931 bits per heavy atom. The molecule has 1 aromatic carbocycles. The number of carbonyl (C=O) groups excluding carboxylic acids is 2. The quantitative estimate of drug-likeness (QED) is 0.797. The van der Waals surface area contributed by atoms with Gasteiger partial charge in [-0.05, 0) is 32.0 Å². The number of nitrogens with zero attached hydrogens (tertiary/aromatic N) is 6. The minimum absolute atomic E-state index is 0.0930. The lowest BCUT2D eigenvalue weighted by Gasteiger charge is -2.35. The van der Waals surface area contributed by atoms with Gasteiger partial charge in [0.1, 0.15) is 5.71 Å². The number of aryl methyl sites for hydroxylation is 2. The number of hydrogen-bond acceptors (Lipinski definition) is 6. The Hall–Kier alpha value is -3.29. The van der Waals surface area contributed by atoms with Crippen molar-refractivity contribution in [3.8, 4) is 0 Å². The largest absolute Gasteiger partial charge is 0.337 e. The zero-order valence-electron chi connectivity index (χ0n) is 16.7. The topological polar surface area (TPSA) is 82.0 Å². The number of carbonyl (C=O) groups is 2. The van der Waals surface area contributed by atoms with E-state index in [1.807, 2.05) is 50.2 Å². The van der Waals surface area contributed by atoms with E-state index in [0.717, 1.165) is 11.4 Å². The number of hydrogen-bond donors (Lipinski definition) is 0. The molecule has 1 aromatic heterocycles. The highest BCUT2D eigenvalue weighted by atomic mass is 16.2. The standard InChI is InChI=1S/C21H24N6O2/c1-15-14-16(2)23-21(22-15)26-12-10-25(11-13-26)20(29)18-8-9-19(28)27(24-18)17-6-4-3-5-7-17/h3-7,14H,8-13H2,1-2H3. The highest BCUT2D eigenvalue weighted by Gasteiger charge is 2.30. The number of aromatic nitrogens is 2. The van der Waals surface area contributed by atoms with Crippen LogP contribution in [0, 0.1) is 13.8 Å². The molecule has 0 saturated carbocycles. The molecule has 2 amide bonds. The Balaban J connectivity index is 1.44. The first-order valence-electron chi connectivity index (χ1n) is 9.83. The van der Waals surface area contributed by atoms with Crippen LogP contribution in [0.3, 0.4) is 0 Å². The van der Waals surface area contributed by atoms with Gasteiger partial charge in [0.25, 0.3) is 5.91 Å². The molecule has 1 saturated heterocycles. The average molecular weight is 392 g/mol. The Morgan fingerprint density at radius 2 is 1.59 bits per heavy atom. The summed E-state index contributed by atoms with van der Waals surface area (Å²) in [6, 6.07) is 11.2. The van der Waals surface area contributed by atoms with Crippen molar-refractivity contribution in [2.75, 3.05) is 36.1 Å². The molecule has 0 bridgehead atoms. The highest BCUT2D eigenvalue weighted by Crippen LogP contribution is 2.21. The predicted molar refractivity (Wildman–Crippen MR) is 111 cm³/mol. The number of hydrazone groups is 1. The number of amides is 2. The van der Waals surface area contributed by atoms with Crippen LogP contribution in [0.15, 0.2) is 41.5 Å². The third-order valence-electron chi connectivity index (χ3n) is 5.10. The van der Waals surface area contributed by atoms with Crippen LogP contribution in [0.4, 0.5) is 11.6 Å². The number of piperazine rings is 1. The lowest BCUT2D eigenvalue weighted by Crippen LogP contribution is -2.52. The van der Waals surface area contributed by atoms with E-state index in [-0.39, 0.29) is 18.2 Å². The summed E-state index contributed by atoms with van der Waals surface area (Å²) >= 11 is 0. The van der Waals surface area contributed by atoms with Crippen molar-refractivity contribution in [1.82, 2.24) is 14.9 Å². The van der Waals surface area contributed by atoms with Gasteiger partial charge >= 0.3 is 0 Å². The van der Waals surface area contributed by atoms with Crippen LogP contribution >= 0.6 is 0 Å². The SMILES string of the molecule is Cc1cc(C)nc(N2CCN(C(=O)C3=NN(c4ccccc4)C(=O)CC3)CC2)n1. The molecule has 150 valence electrons. The molecule has 0 N–H and O–H groups in total. The smallest absolute Gasteiger partial charge is 0.270 e. The molecule has 0 radical (unpaired) electrons. The van der Waals surface area contributed by atoms with Gasteiger partial charge in [0.2, 0.25) is 11.9 Å². The molecule has 29 heavy (non-hydrogen) atoms. The summed E-state index contributed by atoms with van der Waals surface area (Å²) in [7, 11) is 0. The third-order valence-corrected chi connectivity index (χ3v) is 5.10. The number of benzene rings is 1. The van der Waals surface area contributed by atoms with E-state index in [1.54, 1.807) is 4.90 Å². The fourth-order valence-electron chi connectivity index (χ4n) is 3.62. The summed E-state index contributed by atoms with van der Waals surface area (Å²) in [6.07, 6.45) is 0.664. The normalized spacial score (nSPS) is 17.4. The van der Waals surface area contributed by atoms with Gasteiger partial charge in [-0.2, -0.15) is 5.10 Å². The fraction of sp³-hybridized carbons (Fsp3) is 0.381. The molecule has 2 aliphatic rings. The maximum absolute atomic E-state index is 13.0. The maximum Gasteiger partial charge on any atom is 0.270 e. The van der Waals surface area contributed by atoms with Crippen LogP contribution < -0.4 is 9.91 Å². The van der Waals surface area contributed by atoms with Crippen molar-refractivity contribution in [2.24, 2.45) is 5.10 Å². The van der Waals surface area contributed by atoms with Crippen molar-refractivity contribution in [3.05, 3.63) is 47.8 Å². The first kappa shape index (κ1) is 19.0. The molecule has 8 nitrogen and oxygen atoms in total. The van der Waals surface area contributed by atoms with E-state index >= 15 is 0 Å². The molecule has 4 rings (SSSR count). The lowest BCUT2D eigenvalue weighted by atomic mass is 10.1. The van der Waals surface area contributed by atoms with Crippen LogP contribution in [0.5, 0.6) is 0 Å². The summed E-state index contributed by atoms with van der Waals surface area (Å²) in [4.78, 5) is 38.2. The molecule has 2 aliphatic heterocycles. The summed E-state index contributed by atoms with van der Waals surface area (Å²) < 4.78 is 0. The Labute approximate surface area is 169 Å². The molecule has 0 spiro atoms. The van der Waals surface area contributed by atoms with E-state index in [9.17, 15) is 9.59 Å². The van der Waals surface area contributed by atoms with E-state index in [4.69, 9.17) is 0 Å². The molecule has 8 heteroatoms. The second-order valence-electron chi connectivity index (χ2n) is 7.32. The van der Waals surface area contributed by atoms with Crippen LogP contribution in [0.2, 0.25) is 0 Å². The summed E-state index contributed by atoms with van der Waals surface area (Å²) in [5, 5.41) is 5.72. The van der Waals surface area contributed by atoms with Crippen molar-refractivity contribution in [1.29, 1.82) is 0 Å². The van der Waals surface area contributed by atoms with Crippen molar-refractivity contribution in [3.63, 3.8) is 0 Å². The Morgan fingerprint density at radius 3 is 2.24 bits per heavy atom. The summed E-state index contributed by atoms with van der Waals surface area (Å²) in [6.45, 7) is 6.41. The van der Waals surface area contributed by atoms with Crippen LogP contribution in [0.25, 0.3) is 0 Å². The Bertz CT molecular complexity index is 931. The summed E-state index contributed by atoms with van der Waals surface area (Å²) in [5.41, 5.74) is 2.99. The van der Waals surface area contributed by atoms with Gasteiger partial charge in [0.15, 0.2) is 0 Å². The van der Waals surface area contributed by atoms with E-state index < -0.39 is 0 Å². The van der Waals surface area contributed by atoms with Gasteiger partial charge in [0, 0.05) is 50.4 Å². The zero-order chi connectivity index (χ0) is 20.4. The molecule has 0 atom stereocenters. The number of anilines is 2. The molecular formula is C21H24N6O2. The minimum Gasteiger partial charge on any atom is -0.337 e. The maximum atomic E-state index is 13.0. The second kappa shape index (κ2) is 7.98. The average Bonchev–Trinajstić information content (AvgIpc) is 2.74. The summed E-state index contributed by atoms with van der Waals surface area (Å²) in [5.74, 6) is 0.523. The second-order valence-corrected chi connectivity index (χ2v) is 7.32. The monoisotopic (exact) mass is 392 g/mol. The molecular weight excluding hydrogens is 368 g/mol. The Kier molecular flexibility index (Phi) is 5.24. The molecule has 0 unspecified atom stereocenters. The van der Waals surface area contributed by atoms with Crippen molar-refractivity contribution >= 4 is 29.2 Å². The highest BCUT2D eigenvalue weighted by molar-refractivity contribution is 6.40. The van der Waals surface area contributed by atoms with Gasteiger partial charge in [-0.25, -0.2) is 15.0 Å². The first-order chi connectivity index (χ1) is 14.0. The number of rotatable bonds is 3. The van der Waals surface area contributed by atoms with Gasteiger partial charge < -0.3 is 9.80 Å². The van der Waals surface area contributed by atoms with Crippen LogP contribution in [-0.2, 0) is 9.59 Å². The van der Waals surface area contributed by atoms with E-state index in [0.29, 0.717) is 49.9 Å². The van der Waals surface area contributed by atoms with Crippen molar-refractivity contribution in [2.45, 2.75) is 26.7 Å². The minimum atomic E-state index is -0.0978. The van der Waals surface area contributed by atoms with Crippen LogP contribution in [0.1, 0.15) is 24.2 Å². The first-order valence-corrected chi connectivity index (χ1v) is 9.83. The van der Waals surface area contributed by atoms with E-state index in [2.05, 4.69) is 20.0 Å². The third kappa shape index (κ3) is 4.11.